The molecule has 1 aliphatic rings. The van der Waals surface area contributed by atoms with Crippen LogP contribution < -0.4 is 10.6 Å². The van der Waals surface area contributed by atoms with E-state index in [1.807, 2.05) is 0 Å². The van der Waals surface area contributed by atoms with Crippen LogP contribution in [0.1, 0.15) is 33.1 Å². The van der Waals surface area contributed by atoms with Crippen LogP contribution >= 0.6 is 0 Å². The van der Waals surface area contributed by atoms with Gasteiger partial charge < -0.3 is 15.4 Å². The normalized spacial score (nSPS) is 17.6. The summed E-state index contributed by atoms with van der Waals surface area (Å²) >= 11 is 0. The molecule has 16 heavy (non-hydrogen) atoms. The fourth-order valence-corrected chi connectivity index (χ4v) is 1.65. The van der Waals surface area contributed by atoms with Crippen molar-refractivity contribution < 1.29 is 4.74 Å². The Labute approximate surface area is 100 Å². The second-order valence-electron chi connectivity index (χ2n) is 4.99. The molecule has 0 aromatic rings. The number of ether oxygens (including phenoxy) is 1. The van der Waals surface area contributed by atoms with Gasteiger partial charge in [0.1, 0.15) is 0 Å². The van der Waals surface area contributed by atoms with Crippen LogP contribution in [-0.2, 0) is 4.74 Å². The Morgan fingerprint density at radius 2 is 2.00 bits per heavy atom. The van der Waals surface area contributed by atoms with Crippen molar-refractivity contribution in [1.29, 1.82) is 0 Å². The summed E-state index contributed by atoms with van der Waals surface area (Å²) in [7, 11) is 0. The van der Waals surface area contributed by atoms with E-state index in [-0.39, 0.29) is 0 Å². The molecule has 0 saturated heterocycles. The number of hydrogen-bond donors (Lipinski definition) is 2. The molecule has 0 aromatic carbocycles. The molecule has 0 spiro atoms. The van der Waals surface area contributed by atoms with E-state index in [1.165, 1.54) is 12.8 Å². The van der Waals surface area contributed by atoms with Crippen molar-refractivity contribution in [2.45, 2.75) is 33.1 Å². The topological polar surface area (TPSA) is 33.3 Å². The van der Waals surface area contributed by atoms with Gasteiger partial charge in [0.05, 0.1) is 0 Å². The lowest BCUT2D eigenvalue weighted by molar-refractivity contribution is 0.122. The van der Waals surface area contributed by atoms with Crippen LogP contribution in [0.3, 0.4) is 0 Å². The highest BCUT2D eigenvalue weighted by Gasteiger charge is 2.20. The van der Waals surface area contributed by atoms with Gasteiger partial charge in [-0.2, -0.15) is 0 Å². The van der Waals surface area contributed by atoms with Gasteiger partial charge in [-0.05, 0) is 57.3 Å². The fraction of sp³-hybridized carbons (Fsp3) is 1.00. The maximum Gasteiger partial charge on any atom is 0.0494 e. The minimum atomic E-state index is 0.715. The van der Waals surface area contributed by atoms with E-state index in [2.05, 4.69) is 24.5 Å². The molecule has 2 N–H and O–H groups in total. The SMILES string of the molecule is CCNCC(C)CNCCCOCC1CC1. The van der Waals surface area contributed by atoms with Gasteiger partial charge in [-0.25, -0.2) is 0 Å². The molecule has 1 saturated carbocycles. The number of hydrogen-bond acceptors (Lipinski definition) is 3. The van der Waals surface area contributed by atoms with Crippen LogP contribution in [0.4, 0.5) is 0 Å². The minimum Gasteiger partial charge on any atom is -0.381 e. The van der Waals surface area contributed by atoms with Crippen molar-refractivity contribution in [3.05, 3.63) is 0 Å². The smallest absolute Gasteiger partial charge is 0.0494 e. The van der Waals surface area contributed by atoms with Gasteiger partial charge in [0.15, 0.2) is 0 Å². The first-order valence-corrected chi connectivity index (χ1v) is 6.82. The third-order valence-corrected chi connectivity index (χ3v) is 2.93. The molecule has 1 atom stereocenters. The molecule has 0 bridgehead atoms. The molecule has 1 aliphatic carbocycles. The Morgan fingerprint density at radius 3 is 2.69 bits per heavy atom. The van der Waals surface area contributed by atoms with Gasteiger partial charge in [0.2, 0.25) is 0 Å². The average molecular weight is 228 g/mol. The molecule has 3 heteroatoms. The zero-order valence-electron chi connectivity index (χ0n) is 10.9. The maximum absolute atomic E-state index is 5.58. The minimum absolute atomic E-state index is 0.715. The standard InChI is InChI=1S/C13H28N2O/c1-3-14-9-12(2)10-15-7-4-8-16-11-13-5-6-13/h12-15H,3-11H2,1-2H3. The molecule has 0 aromatic heterocycles. The Bertz CT molecular complexity index is 160. The zero-order valence-corrected chi connectivity index (χ0v) is 10.9. The first kappa shape index (κ1) is 13.9. The molecule has 0 aliphatic heterocycles. The van der Waals surface area contributed by atoms with Crippen molar-refractivity contribution in [3.63, 3.8) is 0 Å². The van der Waals surface area contributed by atoms with E-state index in [0.717, 1.165) is 51.7 Å². The largest absolute Gasteiger partial charge is 0.381 e. The predicted molar refractivity (Wildman–Crippen MR) is 68.7 cm³/mol. The van der Waals surface area contributed by atoms with Crippen LogP contribution in [0, 0.1) is 11.8 Å². The van der Waals surface area contributed by atoms with Crippen LogP contribution in [0.15, 0.2) is 0 Å². The summed E-state index contributed by atoms with van der Waals surface area (Å²) in [6.07, 6.45) is 3.92. The van der Waals surface area contributed by atoms with Crippen molar-refractivity contribution in [2.75, 3.05) is 39.4 Å². The van der Waals surface area contributed by atoms with Gasteiger partial charge in [-0.1, -0.05) is 13.8 Å². The first-order valence-electron chi connectivity index (χ1n) is 6.82. The van der Waals surface area contributed by atoms with E-state index < -0.39 is 0 Å². The van der Waals surface area contributed by atoms with E-state index in [1.54, 1.807) is 0 Å². The molecule has 0 amide bonds. The highest BCUT2D eigenvalue weighted by Crippen LogP contribution is 2.28. The van der Waals surface area contributed by atoms with Crippen LogP contribution in [0.2, 0.25) is 0 Å². The van der Waals surface area contributed by atoms with Crippen molar-refractivity contribution in [2.24, 2.45) is 11.8 Å². The van der Waals surface area contributed by atoms with E-state index in [0.29, 0.717) is 5.92 Å². The van der Waals surface area contributed by atoms with Crippen molar-refractivity contribution >= 4 is 0 Å². The summed E-state index contributed by atoms with van der Waals surface area (Å²) < 4.78 is 5.58. The second-order valence-corrected chi connectivity index (χ2v) is 4.99. The molecular weight excluding hydrogens is 200 g/mol. The number of nitrogens with one attached hydrogen (secondary N) is 2. The summed E-state index contributed by atoms with van der Waals surface area (Å²) in [6, 6.07) is 0. The molecule has 0 radical (unpaired) electrons. The Balaban J connectivity index is 1.72. The molecule has 0 heterocycles. The van der Waals surface area contributed by atoms with Crippen LogP contribution in [0.5, 0.6) is 0 Å². The second kappa shape index (κ2) is 8.97. The summed E-state index contributed by atoms with van der Waals surface area (Å²) in [5.74, 6) is 1.61. The van der Waals surface area contributed by atoms with Gasteiger partial charge in [-0.3, -0.25) is 0 Å². The van der Waals surface area contributed by atoms with Gasteiger partial charge >= 0.3 is 0 Å². The van der Waals surface area contributed by atoms with E-state index in [9.17, 15) is 0 Å². The zero-order chi connectivity index (χ0) is 11.6. The fourth-order valence-electron chi connectivity index (χ4n) is 1.65. The third-order valence-electron chi connectivity index (χ3n) is 2.93. The Hall–Kier alpha value is -0.120. The molecule has 1 rings (SSSR count). The quantitative estimate of drug-likeness (QED) is 0.527. The van der Waals surface area contributed by atoms with Crippen LogP contribution in [-0.4, -0.2) is 39.4 Å². The number of rotatable bonds is 11. The Kier molecular flexibility index (Phi) is 7.81. The lowest BCUT2D eigenvalue weighted by Gasteiger charge is -2.12. The van der Waals surface area contributed by atoms with Gasteiger partial charge in [0, 0.05) is 13.2 Å². The van der Waals surface area contributed by atoms with Crippen LogP contribution in [0.25, 0.3) is 0 Å². The summed E-state index contributed by atoms with van der Waals surface area (Å²) in [4.78, 5) is 0. The van der Waals surface area contributed by atoms with Crippen molar-refractivity contribution in [3.8, 4) is 0 Å². The molecular formula is C13H28N2O. The highest BCUT2D eigenvalue weighted by molar-refractivity contribution is 4.71. The van der Waals surface area contributed by atoms with Gasteiger partial charge in [-0.15, -0.1) is 0 Å². The molecule has 3 nitrogen and oxygen atoms in total. The lowest BCUT2D eigenvalue weighted by Crippen LogP contribution is -2.30. The van der Waals surface area contributed by atoms with Gasteiger partial charge in [0.25, 0.3) is 0 Å². The maximum atomic E-state index is 5.58. The summed E-state index contributed by atoms with van der Waals surface area (Å²) in [6.45, 7) is 10.7. The highest BCUT2D eigenvalue weighted by atomic mass is 16.5. The summed E-state index contributed by atoms with van der Waals surface area (Å²) in [5.41, 5.74) is 0. The lowest BCUT2D eigenvalue weighted by atomic mass is 10.2. The average Bonchev–Trinajstić information content (AvgIpc) is 3.09. The first-order chi connectivity index (χ1) is 7.83. The predicted octanol–water partition coefficient (Wildman–Crippen LogP) is 1.64. The van der Waals surface area contributed by atoms with E-state index in [4.69, 9.17) is 4.74 Å². The monoisotopic (exact) mass is 228 g/mol. The Morgan fingerprint density at radius 1 is 1.25 bits per heavy atom. The molecule has 96 valence electrons. The van der Waals surface area contributed by atoms with Crippen molar-refractivity contribution in [1.82, 2.24) is 10.6 Å². The van der Waals surface area contributed by atoms with E-state index >= 15 is 0 Å². The molecule has 1 unspecified atom stereocenters. The summed E-state index contributed by atoms with van der Waals surface area (Å²) in [5, 5.41) is 6.84. The third kappa shape index (κ3) is 8.08. The molecule has 1 fully saturated rings.